The molecule has 0 spiro atoms. The molecule has 2 heterocycles. The average Bonchev–Trinajstić information content (AvgIpc) is 3.20. The van der Waals surface area contributed by atoms with Gasteiger partial charge in [-0.1, -0.05) is 35.5 Å². The maximum Gasteiger partial charge on any atom is 0.442 e. The van der Waals surface area contributed by atoms with Crippen LogP contribution in [0.4, 0.5) is 14.5 Å². The summed E-state index contributed by atoms with van der Waals surface area (Å²) in [6.07, 6.45) is 0.905. The summed E-state index contributed by atoms with van der Waals surface area (Å²) in [6, 6.07) is 14.6. The number of amides is 2. The molecule has 0 radical (unpaired) electrons. The Hall–Kier alpha value is -4.02. The summed E-state index contributed by atoms with van der Waals surface area (Å²) in [5.74, 6) is -1.22. The van der Waals surface area contributed by atoms with Gasteiger partial charge >= 0.3 is 12.4 Å². The lowest BCUT2D eigenvalue weighted by molar-refractivity contribution is -0.135. The van der Waals surface area contributed by atoms with Crippen LogP contribution in [0.3, 0.4) is 0 Å². The first kappa shape index (κ1) is 23.1. The summed E-state index contributed by atoms with van der Waals surface area (Å²) in [5.41, 5.74) is 1.12. The highest BCUT2D eigenvalue weighted by atomic mass is 19.3. The second-order valence-electron chi connectivity index (χ2n) is 7.77. The van der Waals surface area contributed by atoms with E-state index in [9.17, 15) is 23.2 Å². The van der Waals surface area contributed by atoms with Gasteiger partial charge in [-0.25, -0.2) is 9.36 Å². The summed E-state index contributed by atoms with van der Waals surface area (Å²) < 4.78 is 34.7. The molecule has 1 N–H and O–H groups in total. The number of nitrogens with zero attached hydrogens (tertiary/aromatic N) is 3. The third-order valence-corrected chi connectivity index (χ3v) is 5.58. The van der Waals surface area contributed by atoms with E-state index >= 15 is 0 Å². The number of carbonyl (C=O) groups excluding carboxylic acids is 2. The molecule has 1 aliphatic rings. The van der Waals surface area contributed by atoms with Crippen LogP contribution in [0.15, 0.2) is 63.9 Å². The van der Waals surface area contributed by atoms with E-state index in [2.05, 4.69) is 15.2 Å². The minimum atomic E-state index is -2.92. The van der Waals surface area contributed by atoms with Gasteiger partial charge in [-0.15, -0.1) is 0 Å². The average molecular weight is 472 g/mol. The van der Waals surface area contributed by atoms with Crippen molar-refractivity contribution in [3.05, 3.63) is 65.1 Å². The zero-order valence-electron chi connectivity index (χ0n) is 18.0. The second-order valence-corrected chi connectivity index (χ2v) is 7.77. The first-order valence-corrected chi connectivity index (χ1v) is 10.7. The molecule has 0 unspecified atom stereocenters. The van der Waals surface area contributed by atoms with Gasteiger partial charge in [0, 0.05) is 30.3 Å². The van der Waals surface area contributed by atoms with Gasteiger partial charge in [0.15, 0.2) is 5.82 Å². The minimum Gasteiger partial charge on any atom is -0.435 e. The Kier molecular flexibility index (Phi) is 7.00. The van der Waals surface area contributed by atoms with Gasteiger partial charge in [-0.05, 0) is 37.1 Å². The molecule has 0 bridgehead atoms. The lowest BCUT2D eigenvalue weighted by Crippen LogP contribution is -2.43. The van der Waals surface area contributed by atoms with Crippen molar-refractivity contribution in [3.8, 4) is 17.1 Å². The Morgan fingerprint density at radius 2 is 1.76 bits per heavy atom. The number of nitrogens with one attached hydrogen (secondary N) is 1. The van der Waals surface area contributed by atoms with Crippen molar-refractivity contribution < 1.29 is 27.6 Å². The molecule has 4 rings (SSSR count). The van der Waals surface area contributed by atoms with Crippen LogP contribution < -0.4 is 15.8 Å². The zero-order chi connectivity index (χ0) is 24.1. The van der Waals surface area contributed by atoms with Crippen molar-refractivity contribution in [3.63, 3.8) is 0 Å². The van der Waals surface area contributed by atoms with Crippen LogP contribution in [0.5, 0.6) is 5.75 Å². The summed E-state index contributed by atoms with van der Waals surface area (Å²) in [7, 11) is 0. The van der Waals surface area contributed by atoms with E-state index in [0.717, 1.165) is 0 Å². The van der Waals surface area contributed by atoms with E-state index in [4.69, 9.17) is 4.52 Å². The first-order valence-electron chi connectivity index (χ1n) is 10.7. The molecular weight excluding hydrogens is 450 g/mol. The Balaban J connectivity index is 1.31. The molecule has 0 saturated carbocycles. The van der Waals surface area contributed by atoms with Gasteiger partial charge in [-0.3, -0.25) is 14.1 Å². The maximum absolute atomic E-state index is 12.8. The van der Waals surface area contributed by atoms with E-state index in [1.807, 2.05) is 6.07 Å². The number of benzene rings is 2. The van der Waals surface area contributed by atoms with Crippen molar-refractivity contribution in [2.75, 3.05) is 18.4 Å². The molecule has 1 aliphatic heterocycles. The number of hydrogen-bond donors (Lipinski definition) is 1. The molecule has 2 aromatic carbocycles. The monoisotopic (exact) mass is 472 g/mol. The highest BCUT2D eigenvalue weighted by Crippen LogP contribution is 2.22. The number of likely N-dealkylation sites (tertiary alicyclic amines) is 1. The second kappa shape index (κ2) is 10.3. The number of hydrogen-bond acceptors (Lipinski definition) is 6. The standard InChI is InChI=1S/C23H22F2N4O5/c24-22(25)33-18-8-6-17(7-9-18)26-21(31)16-10-12-28(13-11-16)19(30)14-29-20(27-34-23(29)32)15-4-2-1-3-5-15/h1-9,16,22H,10-14H2,(H,26,31). The van der Waals surface area contributed by atoms with Crippen LogP contribution in [-0.2, 0) is 16.1 Å². The fourth-order valence-corrected chi connectivity index (χ4v) is 3.79. The summed E-state index contributed by atoms with van der Waals surface area (Å²) in [6.45, 7) is -2.41. The summed E-state index contributed by atoms with van der Waals surface area (Å²) in [5, 5.41) is 6.54. The Morgan fingerprint density at radius 3 is 2.41 bits per heavy atom. The van der Waals surface area contributed by atoms with Crippen LogP contribution in [0, 0.1) is 5.92 Å². The van der Waals surface area contributed by atoms with E-state index in [0.29, 0.717) is 37.2 Å². The molecule has 1 fully saturated rings. The van der Waals surface area contributed by atoms with Gasteiger partial charge < -0.3 is 15.0 Å². The number of alkyl halides is 2. The normalized spacial score (nSPS) is 14.3. The van der Waals surface area contributed by atoms with Crippen LogP contribution in [0.2, 0.25) is 0 Å². The van der Waals surface area contributed by atoms with Crippen LogP contribution in [0.1, 0.15) is 12.8 Å². The third kappa shape index (κ3) is 5.48. The molecule has 178 valence electrons. The first-order chi connectivity index (χ1) is 16.4. The fraction of sp³-hybridized carbons (Fsp3) is 0.304. The van der Waals surface area contributed by atoms with Crippen molar-refractivity contribution in [2.45, 2.75) is 26.0 Å². The SMILES string of the molecule is O=C(Nc1ccc(OC(F)F)cc1)C1CCN(C(=O)Cn2c(-c3ccccc3)noc2=O)CC1. The van der Waals surface area contributed by atoms with Gasteiger partial charge in [0.25, 0.3) is 0 Å². The number of ether oxygens (including phenoxy) is 1. The lowest BCUT2D eigenvalue weighted by Gasteiger charge is -2.31. The van der Waals surface area contributed by atoms with E-state index < -0.39 is 12.4 Å². The number of aromatic nitrogens is 2. The number of halogens is 2. The van der Waals surface area contributed by atoms with Crippen molar-refractivity contribution in [2.24, 2.45) is 5.92 Å². The van der Waals surface area contributed by atoms with Gasteiger partial charge in [-0.2, -0.15) is 8.78 Å². The minimum absolute atomic E-state index is 0.00201. The Labute approximate surface area is 192 Å². The predicted octanol–water partition coefficient (Wildman–Crippen LogP) is 2.98. The molecule has 9 nitrogen and oxygen atoms in total. The number of carbonyl (C=O) groups is 2. The molecule has 2 amide bonds. The smallest absolute Gasteiger partial charge is 0.435 e. The topological polar surface area (TPSA) is 107 Å². The number of piperidine rings is 1. The van der Waals surface area contributed by atoms with Crippen molar-refractivity contribution in [1.82, 2.24) is 14.6 Å². The third-order valence-electron chi connectivity index (χ3n) is 5.58. The number of rotatable bonds is 7. The maximum atomic E-state index is 12.8. The molecule has 34 heavy (non-hydrogen) atoms. The summed E-state index contributed by atoms with van der Waals surface area (Å²) in [4.78, 5) is 39.1. The van der Waals surface area contributed by atoms with E-state index in [-0.39, 0.29) is 35.9 Å². The van der Waals surface area contributed by atoms with Crippen LogP contribution in [0.25, 0.3) is 11.4 Å². The van der Waals surface area contributed by atoms with Crippen molar-refractivity contribution in [1.29, 1.82) is 0 Å². The molecule has 3 aromatic rings. The number of anilines is 1. The van der Waals surface area contributed by atoms with Gasteiger partial charge in [0.1, 0.15) is 12.3 Å². The Morgan fingerprint density at radius 1 is 1.09 bits per heavy atom. The molecule has 1 saturated heterocycles. The molecule has 11 heteroatoms. The van der Waals surface area contributed by atoms with E-state index in [1.54, 1.807) is 29.2 Å². The zero-order valence-corrected chi connectivity index (χ0v) is 18.0. The van der Waals surface area contributed by atoms with Gasteiger partial charge in [0.05, 0.1) is 0 Å². The predicted molar refractivity (Wildman–Crippen MR) is 117 cm³/mol. The Bertz CT molecular complexity index is 1190. The lowest BCUT2D eigenvalue weighted by atomic mass is 9.95. The van der Waals surface area contributed by atoms with Gasteiger partial charge in [0.2, 0.25) is 11.8 Å². The quantitative estimate of drug-likeness (QED) is 0.567. The van der Waals surface area contributed by atoms with Crippen molar-refractivity contribution >= 4 is 17.5 Å². The molecular formula is C23H22F2N4O5. The largest absolute Gasteiger partial charge is 0.442 e. The molecule has 0 aliphatic carbocycles. The van der Waals surface area contributed by atoms with Crippen LogP contribution >= 0.6 is 0 Å². The molecule has 1 aromatic heterocycles. The van der Waals surface area contributed by atoms with Crippen LogP contribution in [-0.4, -0.2) is 46.1 Å². The van der Waals surface area contributed by atoms with E-state index in [1.165, 1.54) is 28.8 Å². The molecule has 0 atom stereocenters. The fourth-order valence-electron chi connectivity index (χ4n) is 3.79. The highest BCUT2D eigenvalue weighted by molar-refractivity contribution is 5.92. The highest BCUT2D eigenvalue weighted by Gasteiger charge is 2.28. The summed E-state index contributed by atoms with van der Waals surface area (Å²) >= 11 is 0.